The SMILES string of the molecule is CC(C)=CCc1ccc(C(C)C#N)cc1. The average molecular weight is 199 g/mol. The van der Waals surface area contributed by atoms with Gasteiger partial charge in [-0.2, -0.15) is 5.26 Å². The maximum absolute atomic E-state index is 8.77. The van der Waals surface area contributed by atoms with Crippen molar-refractivity contribution in [3.8, 4) is 6.07 Å². The summed E-state index contributed by atoms with van der Waals surface area (Å²) in [6.07, 6.45) is 3.19. The van der Waals surface area contributed by atoms with Crippen molar-refractivity contribution in [2.24, 2.45) is 0 Å². The molecule has 1 nitrogen and oxygen atoms in total. The molecule has 15 heavy (non-hydrogen) atoms. The zero-order chi connectivity index (χ0) is 11.3. The minimum Gasteiger partial charge on any atom is -0.198 e. The zero-order valence-electron chi connectivity index (χ0n) is 9.62. The largest absolute Gasteiger partial charge is 0.198 e. The third-order valence-electron chi connectivity index (χ3n) is 2.42. The van der Waals surface area contributed by atoms with Crippen LogP contribution in [0.2, 0.25) is 0 Å². The van der Waals surface area contributed by atoms with Crippen LogP contribution in [0.3, 0.4) is 0 Å². The Morgan fingerprint density at radius 2 is 1.93 bits per heavy atom. The molecular formula is C14H17N. The predicted octanol–water partition coefficient (Wildman–Crippen LogP) is 3.82. The number of nitrogens with zero attached hydrogens (tertiary/aromatic N) is 1. The molecule has 0 amide bonds. The van der Waals surface area contributed by atoms with Crippen molar-refractivity contribution in [2.75, 3.05) is 0 Å². The highest BCUT2D eigenvalue weighted by atomic mass is 14.3. The van der Waals surface area contributed by atoms with Crippen LogP contribution < -0.4 is 0 Å². The molecule has 0 radical (unpaired) electrons. The van der Waals surface area contributed by atoms with E-state index in [0.29, 0.717) is 0 Å². The van der Waals surface area contributed by atoms with Gasteiger partial charge >= 0.3 is 0 Å². The van der Waals surface area contributed by atoms with Crippen LogP contribution in [-0.4, -0.2) is 0 Å². The van der Waals surface area contributed by atoms with Gasteiger partial charge in [-0.3, -0.25) is 0 Å². The fraction of sp³-hybridized carbons (Fsp3) is 0.357. The number of nitriles is 1. The van der Waals surface area contributed by atoms with Gasteiger partial charge in [0.15, 0.2) is 0 Å². The number of hydrogen-bond acceptors (Lipinski definition) is 1. The van der Waals surface area contributed by atoms with Crippen LogP contribution in [0.1, 0.15) is 37.8 Å². The smallest absolute Gasteiger partial charge is 0.0700 e. The zero-order valence-corrected chi connectivity index (χ0v) is 9.62. The van der Waals surface area contributed by atoms with Gasteiger partial charge in [-0.15, -0.1) is 0 Å². The van der Waals surface area contributed by atoms with Crippen LogP contribution in [0, 0.1) is 11.3 Å². The van der Waals surface area contributed by atoms with Crippen LogP contribution in [0.5, 0.6) is 0 Å². The van der Waals surface area contributed by atoms with Gasteiger partial charge in [0.1, 0.15) is 0 Å². The molecule has 1 unspecified atom stereocenters. The molecule has 1 rings (SSSR count). The van der Waals surface area contributed by atoms with Crippen molar-refractivity contribution >= 4 is 0 Å². The van der Waals surface area contributed by atoms with E-state index in [4.69, 9.17) is 5.26 Å². The Bertz CT molecular complexity index is 375. The first kappa shape index (κ1) is 11.5. The summed E-state index contributed by atoms with van der Waals surface area (Å²) < 4.78 is 0. The molecule has 0 aliphatic rings. The van der Waals surface area contributed by atoms with Gasteiger partial charge in [0.2, 0.25) is 0 Å². The predicted molar refractivity (Wildman–Crippen MR) is 63.6 cm³/mol. The molecule has 0 aliphatic carbocycles. The van der Waals surface area contributed by atoms with Gasteiger partial charge in [0.05, 0.1) is 12.0 Å². The van der Waals surface area contributed by atoms with Crippen LogP contribution in [-0.2, 0) is 6.42 Å². The van der Waals surface area contributed by atoms with E-state index in [9.17, 15) is 0 Å². The van der Waals surface area contributed by atoms with Crippen LogP contribution in [0.4, 0.5) is 0 Å². The van der Waals surface area contributed by atoms with Crippen molar-refractivity contribution in [3.05, 3.63) is 47.0 Å². The highest BCUT2D eigenvalue weighted by Crippen LogP contribution is 2.15. The van der Waals surface area contributed by atoms with E-state index >= 15 is 0 Å². The molecule has 0 bridgehead atoms. The third kappa shape index (κ3) is 3.59. The maximum Gasteiger partial charge on any atom is 0.0700 e. The second kappa shape index (κ2) is 5.36. The number of rotatable bonds is 3. The minimum absolute atomic E-state index is 0.0116. The molecule has 1 aromatic rings. The Morgan fingerprint density at radius 3 is 2.40 bits per heavy atom. The Hall–Kier alpha value is -1.55. The van der Waals surface area contributed by atoms with E-state index in [1.807, 2.05) is 19.1 Å². The summed E-state index contributed by atoms with van der Waals surface area (Å²) in [4.78, 5) is 0. The van der Waals surface area contributed by atoms with Crippen molar-refractivity contribution in [1.29, 1.82) is 5.26 Å². The minimum atomic E-state index is -0.0116. The fourth-order valence-corrected chi connectivity index (χ4v) is 1.34. The van der Waals surface area contributed by atoms with Gasteiger partial charge < -0.3 is 0 Å². The van der Waals surface area contributed by atoms with Gasteiger partial charge in [0, 0.05) is 0 Å². The van der Waals surface area contributed by atoms with Gasteiger partial charge in [0.25, 0.3) is 0 Å². The average Bonchev–Trinajstić information content (AvgIpc) is 2.26. The normalized spacial score (nSPS) is 11.6. The van der Waals surface area contributed by atoms with Crippen molar-refractivity contribution in [3.63, 3.8) is 0 Å². The summed E-state index contributed by atoms with van der Waals surface area (Å²) in [6, 6.07) is 10.5. The summed E-state index contributed by atoms with van der Waals surface area (Å²) in [5, 5.41) is 8.77. The van der Waals surface area contributed by atoms with Crippen molar-refractivity contribution in [2.45, 2.75) is 33.1 Å². The number of benzene rings is 1. The molecule has 0 fully saturated rings. The molecule has 1 heteroatoms. The van der Waals surface area contributed by atoms with Crippen LogP contribution >= 0.6 is 0 Å². The molecule has 0 saturated heterocycles. The molecular weight excluding hydrogens is 182 g/mol. The third-order valence-corrected chi connectivity index (χ3v) is 2.42. The summed E-state index contributed by atoms with van der Waals surface area (Å²) in [6.45, 7) is 6.13. The Labute approximate surface area is 92.1 Å². The van der Waals surface area contributed by atoms with E-state index < -0.39 is 0 Å². The standard InChI is InChI=1S/C14H17N/c1-11(2)4-5-13-6-8-14(9-7-13)12(3)10-15/h4,6-9,12H,5H2,1-3H3. The molecule has 0 N–H and O–H groups in total. The Morgan fingerprint density at radius 1 is 1.33 bits per heavy atom. The van der Waals surface area contributed by atoms with Crippen molar-refractivity contribution in [1.82, 2.24) is 0 Å². The second-order valence-corrected chi connectivity index (χ2v) is 4.08. The van der Waals surface area contributed by atoms with E-state index in [1.165, 1.54) is 11.1 Å². The maximum atomic E-state index is 8.77. The van der Waals surface area contributed by atoms with E-state index in [0.717, 1.165) is 12.0 Å². The van der Waals surface area contributed by atoms with Crippen molar-refractivity contribution < 1.29 is 0 Å². The first-order valence-corrected chi connectivity index (χ1v) is 5.25. The lowest BCUT2D eigenvalue weighted by molar-refractivity contribution is 0.979. The molecule has 0 heterocycles. The summed E-state index contributed by atoms with van der Waals surface area (Å²) in [7, 11) is 0. The molecule has 1 aromatic carbocycles. The quantitative estimate of drug-likeness (QED) is 0.679. The van der Waals surface area contributed by atoms with E-state index in [1.54, 1.807) is 0 Å². The molecule has 78 valence electrons. The summed E-state index contributed by atoms with van der Waals surface area (Å²) in [5.41, 5.74) is 3.73. The van der Waals surface area contributed by atoms with Gasteiger partial charge in [-0.05, 0) is 38.3 Å². The Kier molecular flexibility index (Phi) is 4.12. The highest BCUT2D eigenvalue weighted by molar-refractivity contribution is 5.29. The molecule has 0 aliphatic heterocycles. The first-order chi connectivity index (χ1) is 7.13. The molecule has 0 aromatic heterocycles. The topological polar surface area (TPSA) is 23.8 Å². The monoisotopic (exact) mass is 199 g/mol. The number of hydrogen-bond donors (Lipinski definition) is 0. The first-order valence-electron chi connectivity index (χ1n) is 5.25. The Balaban J connectivity index is 2.73. The molecule has 0 spiro atoms. The van der Waals surface area contributed by atoms with E-state index in [2.05, 4.69) is 38.1 Å². The lowest BCUT2D eigenvalue weighted by atomic mass is 10.0. The summed E-state index contributed by atoms with van der Waals surface area (Å²) in [5.74, 6) is -0.0116. The fourth-order valence-electron chi connectivity index (χ4n) is 1.34. The highest BCUT2D eigenvalue weighted by Gasteiger charge is 2.02. The van der Waals surface area contributed by atoms with Gasteiger partial charge in [-0.25, -0.2) is 0 Å². The van der Waals surface area contributed by atoms with Crippen LogP contribution in [0.25, 0.3) is 0 Å². The second-order valence-electron chi connectivity index (χ2n) is 4.08. The summed E-state index contributed by atoms with van der Waals surface area (Å²) >= 11 is 0. The lowest BCUT2D eigenvalue weighted by Gasteiger charge is -2.03. The number of allylic oxidation sites excluding steroid dienone is 2. The van der Waals surface area contributed by atoms with E-state index in [-0.39, 0.29) is 5.92 Å². The molecule has 0 saturated carbocycles. The molecule has 1 atom stereocenters. The van der Waals surface area contributed by atoms with Crippen LogP contribution in [0.15, 0.2) is 35.9 Å². The van der Waals surface area contributed by atoms with Gasteiger partial charge in [-0.1, -0.05) is 35.9 Å². The lowest BCUT2D eigenvalue weighted by Crippen LogP contribution is -1.90.